The fourth-order valence-corrected chi connectivity index (χ4v) is 17.8. The van der Waals surface area contributed by atoms with Gasteiger partial charge in [-0.2, -0.15) is 0 Å². The van der Waals surface area contributed by atoms with E-state index in [4.69, 9.17) is 4.74 Å². The van der Waals surface area contributed by atoms with Crippen LogP contribution in [0, 0.1) is 29.1 Å². The second-order valence-corrected chi connectivity index (χ2v) is 18.9. The van der Waals surface area contributed by atoms with Crippen LogP contribution in [0.1, 0.15) is 58.9 Å². The molecule has 0 heterocycles. The fraction of sp³-hybridized carbons (Fsp3) is 0.250. The second kappa shape index (κ2) is 6.97. The molecule has 9 unspecified atom stereocenters. The van der Waals surface area contributed by atoms with Gasteiger partial charge in [0.05, 0.1) is 7.11 Å². The molecule has 2 nitrogen and oxygen atoms in total. The molecule has 0 saturated heterocycles. The Labute approximate surface area is 309 Å². The zero-order chi connectivity index (χ0) is 34.3. The van der Waals surface area contributed by atoms with Crippen LogP contribution < -0.4 is 10.4 Å². The van der Waals surface area contributed by atoms with E-state index in [1.165, 1.54) is 32.7 Å². The SMILES string of the molecule is COC(=O)CCCC1(c2ccccc2)C23C4=C5C=CC6C7C5=C2c2c5c8c9c%10c(ccc%11c%12ccc%13c%14c(c2c8c(c%10%11)c%14%12)C31C=%13C=C4)C1C=CC6C(C=57)C91. The third kappa shape index (κ3) is 1.80. The number of methoxy groups -OCH3 is 1. The molecule has 0 aliphatic heterocycles. The first-order chi connectivity index (χ1) is 26.7. The van der Waals surface area contributed by atoms with Crippen LogP contribution >= 0.6 is 0 Å². The maximum atomic E-state index is 12.9. The van der Waals surface area contributed by atoms with Crippen molar-refractivity contribution >= 4 is 76.6 Å². The smallest absolute Gasteiger partial charge is 0.305 e. The van der Waals surface area contributed by atoms with Crippen LogP contribution in [0.3, 0.4) is 0 Å². The highest BCUT2D eigenvalue weighted by molar-refractivity contribution is 6.48. The minimum absolute atomic E-state index is 0.0964. The Bertz CT molecular complexity index is 3570. The van der Waals surface area contributed by atoms with Crippen molar-refractivity contribution < 1.29 is 9.53 Å². The summed E-state index contributed by atoms with van der Waals surface area (Å²) in [5.41, 5.74) is 17.3. The van der Waals surface area contributed by atoms with Crippen LogP contribution in [-0.2, 0) is 20.4 Å². The molecule has 9 atom stereocenters. The third-order valence-corrected chi connectivity index (χ3v) is 18.4. The monoisotopic (exact) mass is 686 g/mol. The Hall–Kier alpha value is -5.47. The van der Waals surface area contributed by atoms with Gasteiger partial charge in [-0.25, -0.2) is 0 Å². The van der Waals surface area contributed by atoms with Gasteiger partial charge in [-0.1, -0.05) is 91.1 Å². The van der Waals surface area contributed by atoms with E-state index >= 15 is 0 Å². The summed E-state index contributed by atoms with van der Waals surface area (Å²) in [5, 5.41) is 18.9. The first kappa shape index (κ1) is 25.5. The average molecular weight is 687 g/mol. The molecule has 54 heavy (non-hydrogen) atoms. The molecule has 0 radical (unpaired) electrons. The predicted molar refractivity (Wildman–Crippen MR) is 213 cm³/mol. The fourth-order valence-electron chi connectivity index (χ4n) is 17.8. The first-order valence-electron chi connectivity index (χ1n) is 20.5. The molecule has 7 aromatic carbocycles. The van der Waals surface area contributed by atoms with Crippen molar-refractivity contribution in [2.24, 2.45) is 29.1 Å². The number of fused-ring (bicyclic) bond motifs is 3. The molecule has 0 amide bonds. The highest BCUT2D eigenvalue weighted by Gasteiger charge is 2.94. The van der Waals surface area contributed by atoms with Crippen LogP contribution in [0.25, 0.3) is 70.6 Å². The van der Waals surface area contributed by atoms with Crippen LogP contribution in [0.2, 0.25) is 0 Å². The number of hydrogen-bond acceptors (Lipinski definition) is 2. The lowest BCUT2D eigenvalue weighted by atomic mass is 9.63. The Morgan fingerprint density at radius 2 is 1.57 bits per heavy atom. The number of allylic oxidation sites excluding steroid dienone is 10. The summed E-state index contributed by atoms with van der Waals surface area (Å²) in [4.78, 5) is 12.9. The zero-order valence-electron chi connectivity index (χ0n) is 29.6. The van der Waals surface area contributed by atoms with Gasteiger partial charge in [-0.05, 0) is 156 Å². The molecule has 250 valence electrons. The average Bonchev–Trinajstić information content (AvgIpc) is 3.86. The highest BCUT2D eigenvalue weighted by atomic mass is 16.5. The lowest BCUT2D eigenvalue weighted by Gasteiger charge is -2.39. The van der Waals surface area contributed by atoms with Crippen molar-refractivity contribution in [1.29, 1.82) is 0 Å². The van der Waals surface area contributed by atoms with E-state index in [0.717, 1.165) is 12.8 Å². The molecule has 2 heteroatoms. The lowest BCUT2D eigenvalue weighted by Crippen LogP contribution is -2.35. The van der Waals surface area contributed by atoms with Gasteiger partial charge in [0, 0.05) is 40.4 Å². The van der Waals surface area contributed by atoms with Gasteiger partial charge in [-0.3, -0.25) is 4.79 Å². The van der Waals surface area contributed by atoms with Gasteiger partial charge in [0.1, 0.15) is 0 Å². The number of esters is 1. The second-order valence-electron chi connectivity index (χ2n) is 18.9. The Morgan fingerprint density at radius 1 is 0.741 bits per heavy atom. The summed E-state index contributed by atoms with van der Waals surface area (Å²) in [5.74, 6) is 2.97. The van der Waals surface area contributed by atoms with Gasteiger partial charge in [0.2, 0.25) is 0 Å². The van der Waals surface area contributed by atoms with Gasteiger partial charge in [0.15, 0.2) is 0 Å². The molecule has 11 aliphatic rings. The van der Waals surface area contributed by atoms with Crippen LogP contribution in [0.5, 0.6) is 0 Å². The van der Waals surface area contributed by atoms with E-state index in [1.807, 2.05) is 5.57 Å². The van der Waals surface area contributed by atoms with Crippen LogP contribution in [0.4, 0.5) is 0 Å². The summed E-state index contributed by atoms with van der Waals surface area (Å²) >= 11 is 0. The van der Waals surface area contributed by atoms with Gasteiger partial charge < -0.3 is 4.74 Å². The van der Waals surface area contributed by atoms with E-state index in [9.17, 15) is 4.79 Å². The summed E-state index contributed by atoms with van der Waals surface area (Å²) in [6, 6.07) is 21.8. The molecule has 18 rings (SSSR count). The normalized spacial score (nSPS) is 36.7. The van der Waals surface area contributed by atoms with Crippen molar-refractivity contribution in [3.8, 4) is 0 Å². The van der Waals surface area contributed by atoms with Crippen LogP contribution in [-0.4, -0.2) is 13.1 Å². The molecule has 0 aromatic heterocycles. The Kier molecular flexibility index (Phi) is 3.29. The zero-order valence-corrected chi connectivity index (χ0v) is 29.6. The lowest BCUT2D eigenvalue weighted by molar-refractivity contribution is -0.140. The van der Waals surface area contributed by atoms with Gasteiger partial charge in [0.25, 0.3) is 0 Å². The molecule has 0 bridgehead atoms. The predicted octanol–water partition coefficient (Wildman–Crippen LogP) is 9.07. The number of ether oxygens (including phenoxy) is 1. The minimum atomic E-state index is -0.228. The molecular formula is C52H30O2. The van der Waals surface area contributed by atoms with E-state index in [1.54, 1.807) is 94.4 Å². The molecular weight excluding hydrogens is 657 g/mol. The summed E-state index contributed by atoms with van der Waals surface area (Å²) < 4.78 is 5.31. The van der Waals surface area contributed by atoms with Crippen LogP contribution in [0.15, 0.2) is 108 Å². The topological polar surface area (TPSA) is 26.3 Å². The minimum Gasteiger partial charge on any atom is -0.469 e. The quantitative estimate of drug-likeness (QED) is 0.103. The molecule has 2 fully saturated rings. The maximum Gasteiger partial charge on any atom is 0.305 e. The molecule has 7 aromatic rings. The largest absolute Gasteiger partial charge is 0.469 e. The standard InChI is InChI=1S/C52H30O2/c1-54-31(53)8-5-19-50(20-6-3-2-4-7-20)51-29-17-18-30-28-16-14-26-24-12-10-22-21-9-11-23-25-13-15-27(29)38-36(25)41-34(23)32(21)40-33(22)35(24)42-37(26)39(28)49(52(30,50)51)47-45(42)43(40)44(41)46(47)48(38)51/h2-4,6-7,9-18,21,23,25,32,34,36H,5,8,19H2,1H3. The Morgan fingerprint density at radius 3 is 2.46 bits per heavy atom. The van der Waals surface area contributed by atoms with E-state index in [2.05, 4.69) is 91.1 Å². The van der Waals surface area contributed by atoms with Crippen molar-refractivity contribution in [2.75, 3.05) is 7.11 Å². The van der Waals surface area contributed by atoms with Crippen molar-refractivity contribution in [2.45, 2.75) is 41.9 Å². The molecule has 2 saturated carbocycles. The van der Waals surface area contributed by atoms with Crippen molar-refractivity contribution in [3.05, 3.63) is 146 Å². The summed E-state index contributed by atoms with van der Waals surface area (Å²) in [7, 11) is 1.55. The summed E-state index contributed by atoms with van der Waals surface area (Å²) in [6.07, 6.45) is 18.0. The van der Waals surface area contributed by atoms with Gasteiger partial charge >= 0.3 is 5.97 Å². The maximum absolute atomic E-state index is 12.9. The molecule has 11 aliphatic carbocycles. The molecule has 2 spiro atoms. The highest BCUT2D eigenvalue weighted by Crippen LogP contribution is 2.96. The number of rotatable bonds is 5. The summed E-state index contributed by atoms with van der Waals surface area (Å²) in [6.45, 7) is 0. The van der Waals surface area contributed by atoms with Crippen molar-refractivity contribution in [1.82, 2.24) is 0 Å². The number of hydrogen-bond donors (Lipinski definition) is 0. The van der Waals surface area contributed by atoms with Crippen molar-refractivity contribution in [3.63, 3.8) is 0 Å². The Balaban J connectivity index is 1.17. The van der Waals surface area contributed by atoms with Gasteiger partial charge in [-0.15, -0.1) is 0 Å². The van der Waals surface area contributed by atoms with E-state index in [-0.39, 0.29) is 22.2 Å². The molecule has 0 N–H and O–H groups in total. The number of carbonyl (C=O) groups is 1. The van der Waals surface area contributed by atoms with E-state index in [0.29, 0.717) is 41.9 Å². The third-order valence-electron chi connectivity index (χ3n) is 18.4. The number of benzene rings is 5. The number of carbonyl (C=O) groups excluding carboxylic acids is 1. The first-order valence-corrected chi connectivity index (χ1v) is 20.5. The van der Waals surface area contributed by atoms with E-state index < -0.39 is 0 Å².